The van der Waals surface area contributed by atoms with E-state index < -0.39 is 142 Å². The minimum Gasteiger partial charge on any atom is -0.455 e. The summed E-state index contributed by atoms with van der Waals surface area (Å²) in [6.07, 6.45) is 0. The molecular weight excluding hydrogens is 583 g/mol. The molecule has 0 saturated carbocycles. The quantitative estimate of drug-likeness (QED) is 0.182. The lowest BCUT2D eigenvalue weighted by Crippen LogP contribution is -2.09. The number of fused-ring (bicyclic) bond motifs is 5. The van der Waals surface area contributed by atoms with Crippen LogP contribution < -0.4 is 4.90 Å². The maximum atomic E-state index is 9.43. The fraction of sp³-hybridized carbons (Fsp3) is 0. The molecule has 0 aliphatic rings. The van der Waals surface area contributed by atoms with E-state index in [4.69, 9.17) is 23.6 Å². The monoisotopic (exact) mass is 631 g/mol. The highest BCUT2D eigenvalue weighted by Gasteiger charge is 2.17. The lowest BCUT2D eigenvalue weighted by molar-refractivity contribution is 0.673. The first-order chi connectivity index (χ1) is 31.3. The molecule has 0 aliphatic heterocycles. The summed E-state index contributed by atoms with van der Waals surface area (Å²) < 4.78 is 164. The van der Waals surface area contributed by atoms with E-state index in [1.807, 2.05) is 48.5 Å². The van der Waals surface area contributed by atoms with Crippen LogP contribution in [0.2, 0.25) is 0 Å². The van der Waals surface area contributed by atoms with Gasteiger partial charge in [-0.2, -0.15) is 0 Å². The molecule has 0 radical (unpaired) electrons. The van der Waals surface area contributed by atoms with E-state index in [1.165, 1.54) is 6.07 Å². The fourth-order valence-electron chi connectivity index (χ4n) is 5.81. The van der Waals surface area contributed by atoms with Crippen LogP contribution in [0.15, 0.2) is 192 Å². The molecule has 0 unspecified atom stereocenters. The van der Waals surface area contributed by atoms with Gasteiger partial charge in [-0.3, -0.25) is 0 Å². The SMILES string of the molecule is [2H]c1c([2H])c([2H])c(-c2c([2H])c([2H])c(-c3c([2H])c([2H])c(N(c4cccc(-c5cccc6oc7c8ccccc8ccc7c56)c4)c4c([2H])c([2H])c([2H])c([2H])c4[2H])c([2H])c3[2H])c([2H])c2[2H])c([2H])c1[2H]. The normalized spacial score (nSPS) is 16.6. The summed E-state index contributed by atoms with van der Waals surface area (Å²) in [4.78, 5) is 1.03. The van der Waals surface area contributed by atoms with Gasteiger partial charge in [0.25, 0.3) is 0 Å². The first-order valence-corrected chi connectivity index (χ1v) is 14.9. The minimum atomic E-state index is -0.893. The Bertz CT molecular complexity index is 3490. The van der Waals surface area contributed by atoms with Crippen molar-refractivity contribution in [3.63, 3.8) is 0 Å². The lowest BCUT2D eigenvalue weighted by atomic mass is 9.97. The zero-order valence-corrected chi connectivity index (χ0v) is 24.9. The van der Waals surface area contributed by atoms with Gasteiger partial charge in [-0.15, -0.1) is 0 Å². The maximum Gasteiger partial charge on any atom is 0.143 e. The Morgan fingerprint density at radius 2 is 1.06 bits per heavy atom. The summed E-state index contributed by atoms with van der Waals surface area (Å²) in [5, 5.41) is 3.41. The molecule has 2 heteroatoms. The van der Waals surface area contributed by atoms with Crippen LogP contribution >= 0.6 is 0 Å². The third kappa shape index (κ3) is 4.92. The zero-order chi connectivity index (χ0) is 47.5. The van der Waals surface area contributed by atoms with Gasteiger partial charge in [-0.05, 0) is 87.2 Å². The number of anilines is 3. The molecule has 1 heterocycles. The van der Waals surface area contributed by atoms with Crippen molar-refractivity contribution in [3.8, 4) is 33.4 Å². The molecule has 9 aromatic rings. The number of nitrogens with zero attached hydrogens (tertiary/aromatic N) is 1. The summed E-state index contributed by atoms with van der Waals surface area (Å²) in [6.45, 7) is 0. The number of para-hydroxylation sites is 1. The van der Waals surface area contributed by atoms with Crippen molar-refractivity contribution < 1.29 is 29.1 Å². The van der Waals surface area contributed by atoms with E-state index in [0.717, 1.165) is 26.4 Å². The number of furan rings is 1. The van der Waals surface area contributed by atoms with E-state index in [0.29, 0.717) is 22.3 Å². The molecule has 0 saturated heterocycles. The van der Waals surface area contributed by atoms with Crippen molar-refractivity contribution in [3.05, 3.63) is 188 Å². The number of rotatable bonds is 6. The van der Waals surface area contributed by atoms with Crippen LogP contribution in [0.1, 0.15) is 24.7 Å². The van der Waals surface area contributed by atoms with Crippen LogP contribution in [0.4, 0.5) is 17.1 Å². The smallest absolute Gasteiger partial charge is 0.143 e. The second kappa shape index (κ2) is 11.8. The van der Waals surface area contributed by atoms with E-state index >= 15 is 0 Å². The Morgan fingerprint density at radius 1 is 0.438 bits per heavy atom. The van der Waals surface area contributed by atoms with Gasteiger partial charge in [-0.25, -0.2) is 0 Å². The Labute approximate surface area is 305 Å². The summed E-state index contributed by atoms with van der Waals surface area (Å²) in [6, 6.07) is 9.11. The summed E-state index contributed by atoms with van der Waals surface area (Å²) in [5.74, 6) is 0. The van der Waals surface area contributed by atoms with Gasteiger partial charge in [-0.1, -0.05) is 139 Å². The third-order valence-electron chi connectivity index (χ3n) is 7.97. The fourth-order valence-corrected chi connectivity index (χ4v) is 5.81. The molecular formula is C46H31NO. The van der Waals surface area contributed by atoms with E-state index in [9.17, 15) is 5.48 Å². The molecule has 0 fully saturated rings. The first kappa shape index (κ1) is 15.0. The molecule has 8 aromatic carbocycles. The van der Waals surface area contributed by atoms with Crippen LogP contribution in [-0.2, 0) is 0 Å². The van der Waals surface area contributed by atoms with Crippen LogP contribution in [0.5, 0.6) is 0 Å². The molecule has 0 bridgehead atoms. The molecule has 9 rings (SSSR count). The predicted molar refractivity (Wildman–Crippen MR) is 202 cm³/mol. The topological polar surface area (TPSA) is 16.4 Å². The van der Waals surface area contributed by atoms with Crippen molar-refractivity contribution in [1.29, 1.82) is 0 Å². The van der Waals surface area contributed by atoms with Crippen molar-refractivity contribution in [2.24, 2.45) is 0 Å². The average Bonchev–Trinajstić information content (AvgIpc) is 3.71. The second-order valence-corrected chi connectivity index (χ2v) is 10.8. The first-order valence-electron chi connectivity index (χ1n) is 23.9. The largest absolute Gasteiger partial charge is 0.455 e. The van der Waals surface area contributed by atoms with Crippen LogP contribution in [0.3, 0.4) is 0 Å². The molecule has 48 heavy (non-hydrogen) atoms. The Kier molecular flexibility index (Phi) is 3.68. The van der Waals surface area contributed by atoms with Crippen molar-refractivity contribution in [2.75, 3.05) is 4.90 Å². The molecule has 0 atom stereocenters. The highest BCUT2D eigenvalue weighted by Crippen LogP contribution is 2.42. The van der Waals surface area contributed by atoms with Gasteiger partial charge in [0.05, 0.1) is 24.7 Å². The summed E-state index contributed by atoms with van der Waals surface area (Å²) in [7, 11) is 0. The lowest BCUT2D eigenvalue weighted by Gasteiger charge is -2.26. The Balaban J connectivity index is 1.30. The number of hydrogen-bond acceptors (Lipinski definition) is 2. The van der Waals surface area contributed by atoms with Crippen molar-refractivity contribution in [1.82, 2.24) is 0 Å². The predicted octanol–water partition coefficient (Wildman–Crippen LogP) is 13.2. The van der Waals surface area contributed by atoms with Crippen LogP contribution in [0, 0.1) is 0 Å². The van der Waals surface area contributed by atoms with Crippen LogP contribution in [0.25, 0.3) is 66.1 Å². The van der Waals surface area contributed by atoms with Crippen molar-refractivity contribution >= 4 is 49.8 Å². The Morgan fingerprint density at radius 3 is 1.81 bits per heavy atom. The molecule has 226 valence electrons. The number of benzene rings is 8. The minimum absolute atomic E-state index is 0.0575. The van der Waals surface area contributed by atoms with Gasteiger partial charge in [0, 0.05) is 33.2 Å². The van der Waals surface area contributed by atoms with E-state index in [2.05, 4.69) is 0 Å². The average molecular weight is 632 g/mol. The van der Waals surface area contributed by atoms with Gasteiger partial charge in [0.15, 0.2) is 0 Å². The highest BCUT2D eigenvalue weighted by atomic mass is 16.3. The maximum absolute atomic E-state index is 9.43. The molecule has 0 N–H and O–H groups in total. The number of hydrogen-bond donors (Lipinski definition) is 0. The summed E-state index contributed by atoms with van der Waals surface area (Å²) >= 11 is 0. The molecule has 0 aliphatic carbocycles. The molecule has 0 amide bonds. The standard InChI is InChI=1S/C46H31NO/c1-3-11-32(12-4-1)33-21-23-34(24-22-33)35-25-28-39(29-26-35)47(38-15-5-2-6-16-38)40-17-9-14-37(31-40)41-19-10-20-44-45(41)43-30-27-36-13-7-8-18-42(36)46(43)48-44/h1-31H/i1D,2D,3D,4D,5D,6D,11D,12D,15D,16D,21D,22D,23D,24D,25D,26D,28D,29D. The summed E-state index contributed by atoms with van der Waals surface area (Å²) in [5.41, 5.74) is -1.21. The molecule has 2 nitrogen and oxygen atoms in total. The third-order valence-corrected chi connectivity index (χ3v) is 7.97. The molecule has 1 aromatic heterocycles. The van der Waals surface area contributed by atoms with E-state index in [1.54, 1.807) is 24.3 Å². The zero-order valence-electron chi connectivity index (χ0n) is 42.9. The van der Waals surface area contributed by atoms with Crippen LogP contribution in [-0.4, -0.2) is 0 Å². The highest BCUT2D eigenvalue weighted by molar-refractivity contribution is 6.19. The van der Waals surface area contributed by atoms with E-state index in [-0.39, 0.29) is 5.69 Å². The van der Waals surface area contributed by atoms with Gasteiger partial charge >= 0.3 is 0 Å². The van der Waals surface area contributed by atoms with Gasteiger partial charge < -0.3 is 9.32 Å². The Hall–Kier alpha value is -6.38. The molecule has 0 spiro atoms. The van der Waals surface area contributed by atoms with Gasteiger partial charge in [0.1, 0.15) is 11.2 Å². The van der Waals surface area contributed by atoms with Gasteiger partial charge in [0.2, 0.25) is 0 Å². The second-order valence-electron chi connectivity index (χ2n) is 10.8. The van der Waals surface area contributed by atoms with Crippen molar-refractivity contribution in [2.45, 2.75) is 0 Å².